The van der Waals surface area contributed by atoms with Gasteiger partial charge in [-0.25, -0.2) is 9.37 Å². The SMILES string of the molecule is C[C@H](Oc1cc(Cl)nc(-c2noc3c2CCC[C@@]32CCCc3sc(N)c(C#N)c32)n1)[C@@H]1C[C@H](F)CN1C. The van der Waals surface area contributed by atoms with Crippen LogP contribution in [0.1, 0.15) is 66.4 Å². The second-order valence-electron chi connectivity index (χ2n) is 10.4. The number of nitrogens with zero attached hydrogens (tertiary/aromatic N) is 5. The Morgan fingerprint density at radius 2 is 2.14 bits per heavy atom. The van der Waals surface area contributed by atoms with E-state index in [1.54, 1.807) is 6.07 Å². The Bertz CT molecular complexity index is 1400. The minimum absolute atomic E-state index is 0.0558. The minimum Gasteiger partial charge on any atom is -0.473 e. The van der Waals surface area contributed by atoms with Gasteiger partial charge in [0, 0.05) is 29.1 Å². The lowest BCUT2D eigenvalue weighted by molar-refractivity contribution is 0.117. The molecule has 0 bridgehead atoms. The molecule has 1 aliphatic heterocycles. The Morgan fingerprint density at radius 3 is 2.86 bits per heavy atom. The van der Waals surface area contributed by atoms with Crippen molar-refractivity contribution in [2.24, 2.45) is 0 Å². The van der Waals surface area contributed by atoms with E-state index in [-0.39, 0.29) is 17.3 Å². The molecule has 0 saturated carbocycles. The van der Waals surface area contributed by atoms with Crippen LogP contribution in [0.2, 0.25) is 5.15 Å². The van der Waals surface area contributed by atoms with Crippen LogP contribution in [0.15, 0.2) is 10.6 Å². The molecular formula is C26H28ClFN6O2S. The second-order valence-corrected chi connectivity index (χ2v) is 11.9. The summed E-state index contributed by atoms with van der Waals surface area (Å²) in [6, 6.07) is 3.86. The van der Waals surface area contributed by atoms with Crippen molar-refractivity contribution in [2.45, 2.75) is 75.6 Å². The van der Waals surface area contributed by atoms with Gasteiger partial charge in [0.1, 0.15) is 28.5 Å². The number of aromatic nitrogens is 3. The predicted octanol–water partition coefficient (Wildman–Crippen LogP) is 5.07. The summed E-state index contributed by atoms with van der Waals surface area (Å²) < 4.78 is 26.1. The third kappa shape index (κ3) is 3.99. The number of likely N-dealkylation sites (tertiary alicyclic amines) is 1. The molecule has 0 amide bonds. The first kappa shape index (κ1) is 24.6. The molecular weight excluding hydrogens is 515 g/mol. The molecule has 11 heteroatoms. The normalized spacial score (nSPS) is 26.0. The molecule has 3 aromatic rings. The number of fused-ring (bicyclic) bond motifs is 4. The number of nitrogens with two attached hydrogens (primary N) is 1. The number of hydrogen-bond acceptors (Lipinski definition) is 9. The average Bonchev–Trinajstić information content (AvgIpc) is 3.53. The van der Waals surface area contributed by atoms with Crippen LogP contribution < -0.4 is 10.5 Å². The van der Waals surface area contributed by atoms with E-state index in [4.69, 9.17) is 26.6 Å². The first-order valence-electron chi connectivity index (χ1n) is 12.7. The molecule has 194 valence electrons. The number of hydrogen-bond donors (Lipinski definition) is 1. The molecule has 4 atom stereocenters. The zero-order valence-corrected chi connectivity index (χ0v) is 22.3. The van der Waals surface area contributed by atoms with E-state index in [2.05, 4.69) is 21.2 Å². The predicted molar refractivity (Wildman–Crippen MR) is 139 cm³/mol. The van der Waals surface area contributed by atoms with Crippen molar-refractivity contribution in [2.75, 3.05) is 19.3 Å². The number of nitriles is 1. The smallest absolute Gasteiger partial charge is 0.218 e. The van der Waals surface area contributed by atoms with Crippen molar-refractivity contribution in [1.82, 2.24) is 20.0 Å². The second kappa shape index (κ2) is 9.22. The van der Waals surface area contributed by atoms with Crippen LogP contribution in [0.25, 0.3) is 11.5 Å². The van der Waals surface area contributed by atoms with Crippen LogP contribution in [0, 0.1) is 11.3 Å². The number of halogens is 2. The van der Waals surface area contributed by atoms with Crippen molar-refractivity contribution in [3.05, 3.63) is 38.5 Å². The molecule has 3 aliphatic rings. The van der Waals surface area contributed by atoms with Gasteiger partial charge in [-0.15, -0.1) is 11.3 Å². The van der Waals surface area contributed by atoms with Crippen LogP contribution in [-0.4, -0.2) is 51.9 Å². The quantitative estimate of drug-likeness (QED) is 0.454. The number of ether oxygens (including phenoxy) is 1. The zero-order chi connectivity index (χ0) is 25.9. The molecule has 3 aromatic heterocycles. The molecule has 0 unspecified atom stereocenters. The molecule has 2 aliphatic carbocycles. The third-order valence-corrected chi connectivity index (χ3v) is 9.41. The summed E-state index contributed by atoms with van der Waals surface area (Å²) in [6.07, 6.45) is 4.61. The number of likely N-dealkylation sites (N-methyl/N-ethyl adjacent to an activating group) is 1. The molecule has 0 radical (unpaired) electrons. The molecule has 8 nitrogen and oxygen atoms in total. The van der Waals surface area contributed by atoms with E-state index in [9.17, 15) is 9.65 Å². The monoisotopic (exact) mass is 542 g/mol. The number of anilines is 1. The summed E-state index contributed by atoms with van der Waals surface area (Å²) in [4.78, 5) is 12.2. The Balaban J connectivity index is 1.37. The van der Waals surface area contributed by atoms with Crippen LogP contribution >= 0.6 is 22.9 Å². The van der Waals surface area contributed by atoms with Crippen molar-refractivity contribution in [3.63, 3.8) is 0 Å². The molecule has 1 saturated heterocycles. The highest BCUT2D eigenvalue weighted by Crippen LogP contribution is 2.55. The highest BCUT2D eigenvalue weighted by molar-refractivity contribution is 7.16. The van der Waals surface area contributed by atoms with Crippen molar-refractivity contribution < 1.29 is 13.7 Å². The topological polar surface area (TPSA) is 114 Å². The van der Waals surface area contributed by atoms with Crippen molar-refractivity contribution in [3.8, 4) is 23.5 Å². The molecule has 37 heavy (non-hydrogen) atoms. The molecule has 2 N–H and O–H groups in total. The maximum Gasteiger partial charge on any atom is 0.218 e. The Hall–Kier alpha value is -2.74. The van der Waals surface area contributed by atoms with Crippen LogP contribution in [0.3, 0.4) is 0 Å². The van der Waals surface area contributed by atoms with Crippen LogP contribution in [0.4, 0.5) is 9.39 Å². The van der Waals surface area contributed by atoms with E-state index in [0.29, 0.717) is 40.9 Å². The standard InChI is InChI=1S/C26H28ClFN6O2S/c1-13(17-9-14(28)12-34(17)2)35-20-10-19(27)31-25(32-20)22-15-5-3-7-26(23(15)36-33-22)8-4-6-18-21(26)16(11-29)24(30)37-18/h10,13-14,17H,3-9,12,30H2,1-2H3/t13-,14-,17-,26-/m0/s1. The first-order valence-corrected chi connectivity index (χ1v) is 13.9. The summed E-state index contributed by atoms with van der Waals surface area (Å²) in [7, 11) is 1.90. The van der Waals surface area contributed by atoms with Gasteiger partial charge >= 0.3 is 0 Å². The first-order chi connectivity index (χ1) is 17.8. The van der Waals surface area contributed by atoms with E-state index < -0.39 is 11.6 Å². The van der Waals surface area contributed by atoms with Crippen molar-refractivity contribution >= 4 is 27.9 Å². The average molecular weight is 543 g/mol. The number of alkyl halides is 1. The molecule has 1 spiro atoms. The summed E-state index contributed by atoms with van der Waals surface area (Å²) >= 11 is 7.90. The fraction of sp³-hybridized carbons (Fsp3) is 0.538. The third-order valence-electron chi connectivity index (χ3n) is 8.14. The highest BCUT2D eigenvalue weighted by atomic mass is 35.5. The van der Waals surface area contributed by atoms with Gasteiger partial charge in [0.25, 0.3) is 0 Å². The van der Waals surface area contributed by atoms with Gasteiger partial charge < -0.3 is 15.0 Å². The Morgan fingerprint density at radius 1 is 1.35 bits per heavy atom. The van der Waals surface area contributed by atoms with Gasteiger partial charge in [0.15, 0.2) is 17.3 Å². The fourth-order valence-corrected chi connectivity index (χ4v) is 7.90. The minimum atomic E-state index is -0.861. The molecule has 1 fully saturated rings. The fourth-order valence-electron chi connectivity index (χ4n) is 6.56. The molecule has 4 heterocycles. The maximum absolute atomic E-state index is 13.9. The van der Waals surface area contributed by atoms with E-state index in [1.807, 2.05) is 18.9 Å². The Labute approximate surface area is 223 Å². The summed E-state index contributed by atoms with van der Waals surface area (Å²) in [5.74, 6) is 1.43. The number of rotatable bonds is 4. The van der Waals surface area contributed by atoms with E-state index in [0.717, 1.165) is 55.4 Å². The number of nitrogen functional groups attached to an aromatic ring is 1. The number of thiophene rings is 1. The highest BCUT2D eigenvalue weighted by Gasteiger charge is 2.48. The van der Waals surface area contributed by atoms with Gasteiger partial charge in [-0.3, -0.25) is 4.90 Å². The van der Waals surface area contributed by atoms with Gasteiger partial charge in [0.2, 0.25) is 5.88 Å². The zero-order valence-electron chi connectivity index (χ0n) is 20.8. The molecule has 6 rings (SSSR count). The van der Waals surface area contributed by atoms with Crippen LogP contribution in [-0.2, 0) is 18.3 Å². The van der Waals surface area contributed by atoms with E-state index in [1.165, 1.54) is 16.2 Å². The van der Waals surface area contributed by atoms with Gasteiger partial charge in [-0.2, -0.15) is 10.2 Å². The largest absolute Gasteiger partial charge is 0.473 e. The summed E-state index contributed by atoms with van der Waals surface area (Å²) in [6.45, 7) is 2.31. The number of aryl methyl sites for hydroxylation is 1. The lowest BCUT2D eigenvalue weighted by Gasteiger charge is -2.39. The Kier molecular flexibility index (Phi) is 6.13. The van der Waals surface area contributed by atoms with Crippen LogP contribution in [0.5, 0.6) is 5.88 Å². The van der Waals surface area contributed by atoms with Gasteiger partial charge in [-0.1, -0.05) is 16.8 Å². The van der Waals surface area contributed by atoms with Gasteiger partial charge in [-0.05, 0) is 64.5 Å². The molecule has 0 aromatic carbocycles. The summed E-state index contributed by atoms with van der Waals surface area (Å²) in [5, 5.41) is 15.1. The van der Waals surface area contributed by atoms with Gasteiger partial charge in [0.05, 0.1) is 11.0 Å². The maximum atomic E-state index is 13.9. The lowest BCUT2D eigenvalue weighted by atomic mass is 9.63. The lowest BCUT2D eigenvalue weighted by Crippen LogP contribution is -2.38. The van der Waals surface area contributed by atoms with E-state index >= 15 is 0 Å². The van der Waals surface area contributed by atoms with Crippen molar-refractivity contribution in [1.29, 1.82) is 5.26 Å². The summed E-state index contributed by atoms with van der Waals surface area (Å²) in [5.41, 5.74) is 8.91.